The lowest BCUT2D eigenvalue weighted by Gasteiger charge is -2.03. The fourth-order valence-electron chi connectivity index (χ4n) is 1.46. The van der Waals surface area contributed by atoms with Crippen LogP contribution in [0.1, 0.15) is 5.76 Å². The fourth-order valence-corrected chi connectivity index (χ4v) is 1.97. The van der Waals surface area contributed by atoms with E-state index in [1.165, 1.54) is 42.7 Å². The molecule has 20 heavy (non-hydrogen) atoms. The molecular formula is C13H12N2O4S. The van der Waals surface area contributed by atoms with Crippen molar-refractivity contribution < 1.29 is 17.6 Å². The highest BCUT2D eigenvalue weighted by molar-refractivity contribution is 7.89. The largest absolute Gasteiger partial charge is 0.465 e. The molecule has 1 amide bonds. The number of anilines is 1. The van der Waals surface area contributed by atoms with E-state index in [1.807, 2.05) is 0 Å². The quantitative estimate of drug-likeness (QED) is 0.835. The highest BCUT2D eigenvalue weighted by Crippen LogP contribution is 2.12. The molecule has 0 unspecified atom stereocenters. The average molecular weight is 292 g/mol. The van der Waals surface area contributed by atoms with Crippen LogP contribution in [0, 0.1) is 0 Å². The van der Waals surface area contributed by atoms with Crippen LogP contribution in [0.15, 0.2) is 58.1 Å². The van der Waals surface area contributed by atoms with Crippen molar-refractivity contribution in [2.75, 3.05) is 5.32 Å². The molecule has 0 saturated heterocycles. The standard InChI is InChI=1S/C13H12N2O4S/c14-20(17,18)12-6-3-10(4-7-12)15-13(16)8-5-11-2-1-9-19-11/h1-9H,(H,15,16)(H2,14,17,18). The zero-order valence-corrected chi connectivity index (χ0v) is 11.1. The summed E-state index contributed by atoms with van der Waals surface area (Å²) in [5.74, 6) is 0.203. The van der Waals surface area contributed by atoms with Gasteiger partial charge in [-0.05, 0) is 42.5 Å². The van der Waals surface area contributed by atoms with E-state index in [4.69, 9.17) is 9.56 Å². The van der Waals surface area contributed by atoms with Crippen LogP contribution >= 0.6 is 0 Å². The molecule has 3 N–H and O–H groups in total. The average Bonchev–Trinajstić information content (AvgIpc) is 2.89. The van der Waals surface area contributed by atoms with E-state index in [1.54, 1.807) is 12.1 Å². The molecule has 0 radical (unpaired) electrons. The van der Waals surface area contributed by atoms with Crippen LogP contribution in [0.2, 0.25) is 0 Å². The van der Waals surface area contributed by atoms with E-state index in [0.29, 0.717) is 11.4 Å². The Hall–Kier alpha value is -2.38. The summed E-state index contributed by atoms with van der Waals surface area (Å²) in [7, 11) is -3.73. The number of primary sulfonamides is 1. The first kappa shape index (κ1) is 14.0. The minimum absolute atomic E-state index is 0.0124. The third-order valence-corrected chi connectivity index (χ3v) is 3.32. The van der Waals surface area contributed by atoms with Crippen LogP contribution in [0.3, 0.4) is 0 Å². The minimum Gasteiger partial charge on any atom is -0.465 e. The Morgan fingerprint density at radius 1 is 1.20 bits per heavy atom. The monoisotopic (exact) mass is 292 g/mol. The second-order valence-corrected chi connectivity index (χ2v) is 5.47. The summed E-state index contributed by atoms with van der Waals surface area (Å²) in [6.45, 7) is 0. The molecule has 104 valence electrons. The molecule has 7 heteroatoms. The highest BCUT2D eigenvalue weighted by atomic mass is 32.2. The number of hydrogen-bond donors (Lipinski definition) is 2. The Balaban J connectivity index is 2.01. The maximum atomic E-state index is 11.6. The predicted molar refractivity (Wildman–Crippen MR) is 74.2 cm³/mol. The molecule has 1 aromatic carbocycles. The zero-order chi connectivity index (χ0) is 14.6. The molecule has 6 nitrogen and oxygen atoms in total. The van der Waals surface area contributed by atoms with Gasteiger partial charge in [0, 0.05) is 11.8 Å². The van der Waals surface area contributed by atoms with Gasteiger partial charge < -0.3 is 9.73 Å². The van der Waals surface area contributed by atoms with Gasteiger partial charge in [0.1, 0.15) is 5.76 Å². The molecule has 1 aromatic heterocycles. The van der Waals surface area contributed by atoms with E-state index in [2.05, 4.69) is 5.32 Å². The van der Waals surface area contributed by atoms with Gasteiger partial charge in [-0.3, -0.25) is 4.79 Å². The number of carbonyl (C=O) groups excluding carboxylic acids is 1. The van der Waals surface area contributed by atoms with E-state index < -0.39 is 10.0 Å². The van der Waals surface area contributed by atoms with Gasteiger partial charge in [0.2, 0.25) is 15.9 Å². The number of rotatable bonds is 4. The Morgan fingerprint density at radius 2 is 1.90 bits per heavy atom. The molecule has 0 fully saturated rings. The third-order valence-electron chi connectivity index (χ3n) is 2.39. The Morgan fingerprint density at radius 3 is 2.45 bits per heavy atom. The van der Waals surface area contributed by atoms with Crippen LogP contribution in [0.4, 0.5) is 5.69 Å². The van der Waals surface area contributed by atoms with Crippen LogP contribution in [-0.4, -0.2) is 14.3 Å². The summed E-state index contributed by atoms with van der Waals surface area (Å²) in [5.41, 5.74) is 0.464. The summed E-state index contributed by atoms with van der Waals surface area (Å²) >= 11 is 0. The SMILES string of the molecule is NS(=O)(=O)c1ccc(NC(=O)C=Cc2ccco2)cc1. The van der Waals surface area contributed by atoms with Crippen molar-refractivity contribution in [3.8, 4) is 0 Å². The third kappa shape index (κ3) is 3.81. The second kappa shape index (κ2) is 5.72. The molecule has 0 atom stereocenters. The van der Waals surface area contributed by atoms with Gasteiger partial charge in [-0.2, -0.15) is 0 Å². The van der Waals surface area contributed by atoms with Crippen molar-refractivity contribution in [3.05, 3.63) is 54.5 Å². The van der Waals surface area contributed by atoms with E-state index in [0.717, 1.165) is 0 Å². The van der Waals surface area contributed by atoms with Gasteiger partial charge in [-0.25, -0.2) is 13.6 Å². The van der Waals surface area contributed by atoms with Gasteiger partial charge in [0.25, 0.3) is 0 Å². The van der Waals surface area contributed by atoms with Gasteiger partial charge in [-0.15, -0.1) is 0 Å². The summed E-state index contributed by atoms with van der Waals surface area (Å²) < 4.78 is 27.2. The smallest absolute Gasteiger partial charge is 0.248 e. The summed E-state index contributed by atoms with van der Waals surface area (Å²) in [4.78, 5) is 11.6. The Bertz CT molecular complexity index is 716. The molecule has 2 rings (SSSR count). The van der Waals surface area contributed by atoms with Gasteiger partial charge in [0.05, 0.1) is 11.2 Å². The van der Waals surface area contributed by atoms with Crippen molar-refractivity contribution in [1.82, 2.24) is 0 Å². The second-order valence-electron chi connectivity index (χ2n) is 3.91. The Labute approximate surface area is 116 Å². The molecule has 1 heterocycles. The number of nitrogens with two attached hydrogens (primary N) is 1. The minimum atomic E-state index is -3.73. The van der Waals surface area contributed by atoms with Crippen molar-refractivity contribution in [2.45, 2.75) is 4.90 Å². The molecule has 0 saturated carbocycles. The lowest BCUT2D eigenvalue weighted by Crippen LogP contribution is -2.12. The summed E-state index contributed by atoms with van der Waals surface area (Å²) in [5, 5.41) is 7.55. The van der Waals surface area contributed by atoms with E-state index >= 15 is 0 Å². The van der Waals surface area contributed by atoms with Gasteiger partial charge in [0.15, 0.2) is 0 Å². The number of hydrogen-bond acceptors (Lipinski definition) is 4. The van der Waals surface area contributed by atoms with Gasteiger partial charge >= 0.3 is 0 Å². The first-order valence-corrected chi connectivity index (χ1v) is 7.15. The predicted octanol–water partition coefficient (Wildman–Crippen LogP) is 1.58. The number of sulfonamides is 1. The lowest BCUT2D eigenvalue weighted by molar-refractivity contribution is -0.111. The maximum Gasteiger partial charge on any atom is 0.248 e. The molecule has 0 aliphatic rings. The van der Waals surface area contributed by atoms with E-state index in [9.17, 15) is 13.2 Å². The van der Waals surface area contributed by atoms with Crippen LogP contribution in [0.25, 0.3) is 6.08 Å². The molecule has 2 aromatic rings. The number of amides is 1. The van der Waals surface area contributed by atoms with Crippen LogP contribution in [0.5, 0.6) is 0 Å². The number of benzene rings is 1. The summed E-state index contributed by atoms with van der Waals surface area (Å²) in [6.07, 6.45) is 4.34. The van der Waals surface area contributed by atoms with Gasteiger partial charge in [-0.1, -0.05) is 0 Å². The zero-order valence-electron chi connectivity index (χ0n) is 10.3. The first-order chi connectivity index (χ1) is 9.45. The van der Waals surface area contributed by atoms with Crippen molar-refractivity contribution in [3.63, 3.8) is 0 Å². The summed E-state index contributed by atoms with van der Waals surface area (Å²) in [6, 6.07) is 8.98. The Kier molecular flexibility index (Phi) is 4.02. The maximum absolute atomic E-state index is 11.6. The number of carbonyl (C=O) groups is 1. The van der Waals surface area contributed by atoms with Crippen molar-refractivity contribution in [1.29, 1.82) is 0 Å². The normalized spacial score (nSPS) is 11.7. The van der Waals surface area contributed by atoms with Crippen LogP contribution in [-0.2, 0) is 14.8 Å². The molecule has 0 bridgehead atoms. The number of nitrogens with one attached hydrogen (secondary N) is 1. The molecule has 0 aliphatic heterocycles. The first-order valence-electron chi connectivity index (χ1n) is 5.60. The van der Waals surface area contributed by atoms with Crippen molar-refractivity contribution >= 4 is 27.7 Å². The highest BCUT2D eigenvalue weighted by Gasteiger charge is 2.07. The van der Waals surface area contributed by atoms with Crippen molar-refractivity contribution in [2.24, 2.45) is 5.14 Å². The number of furan rings is 1. The fraction of sp³-hybridized carbons (Fsp3) is 0. The lowest BCUT2D eigenvalue weighted by atomic mass is 10.3. The molecule has 0 aliphatic carbocycles. The molecular weight excluding hydrogens is 280 g/mol. The van der Waals surface area contributed by atoms with Crippen LogP contribution < -0.4 is 10.5 Å². The van der Waals surface area contributed by atoms with E-state index in [-0.39, 0.29) is 10.8 Å². The molecule has 0 spiro atoms. The topological polar surface area (TPSA) is 102 Å².